The van der Waals surface area contributed by atoms with E-state index in [0.717, 1.165) is 16.5 Å². The predicted molar refractivity (Wildman–Crippen MR) is 157 cm³/mol. The topological polar surface area (TPSA) is 143 Å². The van der Waals surface area contributed by atoms with Gasteiger partial charge in [0.25, 0.3) is 11.8 Å². The fourth-order valence-corrected chi connectivity index (χ4v) is 6.26. The van der Waals surface area contributed by atoms with Crippen LogP contribution in [-0.2, 0) is 26.0 Å². The summed E-state index contributed by atoms with van der Waals surface area (Å²) in [6.45, 7) is 6.35. The molecule has 1 aliphatic heterocycles. The van der Waals surface area contributed by atoms with Crippen LogP contribution in [0.5, 0.6) is 0 Å². The van der Waals surface area contributed by atoms with Gasteiger partial charge < -0.3 is 24.8 Å². The van der Waals surface area contributed by atoms with E-state index in [9.17, 15) is 18.0 Å². The lowest BCUT2D eigenvalue weighted by atomic mass is 9.97. The van der Waals surface area contributed by atoms with E-state index in [0.29, 0.717) is 64.5 Å². The van der Waals surface area contributed by atoms with Crippen LogP contribution in [0.4, 0.5) is 5.69 Å². The maximum atomic E-state index is 13.2. The maximum Gasteiger partial charge on any atom is 0.256 e. The molecule has 5 rings (SSSR count). The van der Waals surface area contributed by atoms with E-state index >= 15 is 0 Å². The number of hydrogen-bond acceptors (Lipinski definition) is 6. The van der Waals surface area contributed by atoms with Gasteiger partial charge in [-0.15, -0.1) is 0 Å². The van der Waals surface area contributed by atoms with Crippen LogP contribution in [0.25, 0.3) is 22.1 Å². The summed E-state index contributed by atoms with van der Waals surface area (Å²) in [4.78, 5) is 29.2. The summed E-state index contributed by atoms with van der Waals surface area (Å²) in [6, 6.07) is 12.2. The summed E-state index contributed by atoms with van der Waals surface area (Å²) in [6.07, 6.45) is 2.10. The van der Waals surface area contributed by atoms with Crippen molar-refractivity contribution in [2.24, 2.45) is 0 Å². The summed E-state index contributed by atoms with van der Waals surface area (Å²) >= 11 is 0. The number of benzene rings is 2. The number of rotatable bonds is 10. The SMILES string of the molecule is COCCNC(=O)c1c(C)[nH]c(/C(C)=C2\C(=O)Nc3ccc(S(=O)(=O)NCCc4ccc5ccoc5c4)cc32)c1C. The van der Waals surface area contributed by atoms with E-state index in [2.05, 4.69) is 20.3 Å². The fourth-order valence-electron chi connectivity index (χ4n) is 5.20. The van der Waals surface area contributed by atoms with Gasteiger partial charge in [-0.2, -0.15) is 0 Å². The Hall–Kier alpha value is -4.19. The van der Waals surface area contributed by atoms with Crippen molar-refractivity contribution in [1.82, 2.24) is 15.0 Å². The Morgan fingerprint density at radius 1 is 1.07 bits per heavy atom. The van der Waals surface area contributed by atoms with Gasteiger partial charge in [-0.3, -0.25) is 9.59 Å². The molecule has 4 aromatic rings. The molecule has 10 nitrogen and oxygen atoms in total. The Labute approximate surface area is 238 Å². The van der Waals surface area contributed by atoms with Crippen LogP contribution in [0.1, 0.15) is 45.4 Å². The number of aromatic nitrogens is 1. The zero-order valence-electron chi connectivity index (χ0n) is 23.3. The molecular weight excluding hydrogens is 544 g/mol. The van der Waals surface area contributed by atoms with Crippen LogP contribution >= 0.6 is 0 Å². The van der Waals surface area contributed by atoms with Gasteiger partial charge in [0.15, 0.2) is 0 Å². The molecule has 11 heteroatoms. The summed E-state index contributed by atoms with van der Waals surface area (Å²) < 4.78 is 39.5. The number of amides is 2. The van der Waals surface area contributed by atoms with Gasteiger partial charge in [0, 0.05) is 48.2 Å². The average molecular weight is 577 g/mol. The fraction of sp³-hybridized carbons (Fsp3) is 0.267. The number of fused-ring (bicyclic) bond motifs is 2. The molecule has 2 amide bonds. The van der Waals surface area contributed by atoms with Gasteiger partial charge in [-0.05, 0) is 74.2 Å². The zero-order chi connectivity index (χ0) is 29.3. The average Bonchev–Trinajstić information content (AvgIpc) is 3.62. The maximum absolute atomic E-state index is 13.2. The first-order chi connectivity index (χ1) is 19.6. The molecule has 214 valence electrons. The Morgan fingerprint density at radius 2 is 1.88 bits per heavy atom. The molecule has 0 saturated heterocycles. The molecule has 0 aliphatic carbocycles. The lowest BCUT2D eigenvalue weighted by Gasteiger charge is -2.10. The van der Waals surface area contributed by atoms with Crippen molar-refractivity contribution >= 4 is 49.6 Å². The zero-order valence-corrected chi connectivity index (χ0v) is 24.1. The molecule has 2 aromatic heterocycles. The van der Waals surface area contributed by atoms with Gasteiger partial charge >= 0.3 is 0 Å². The molecule has 0 radical (unpaired) electrons. The summed E-state index contributed by atoms with van der Waals surface area (Å²) in [5, 5.41) is 6.64. The number of aryl methyl sites for hydroxylation is 1. The number of furan rings is 1. The number of hydrogen-bond donors (Lipinski definition) is 4. The molecular formula is C30H32N4O6S. The van der Waals surface area contributed by atoms with Crippen LogP contribution in [-0.4, -0.2) is 52.0 Å². The number of carbonyl (C=O) groups is 2. The van der Waals surface area contributed by atoms with Crippen molar-refractivity contribution in [3.05, 3.63) is 82.4 Å². The van der Waals surface area contributed by atoms with Gasteiger partial charge in [0.2, 0.25) is 10.0 Å². The molecule has 0 saturated carbocycles. The third kappa shape index (κ3) is 5.56. The smallest absolute Gasteiger partial charge is 0.256 e. The van der Waals surface area contributed by atoms with Crippen molar-refractivity contribution in [3.8, 4) is 0 Å². The Kier molecular flexibility index (Phi) is 7.85. The van der Waals surface area contributed by atoms with E-state index in [1.54, 1.807) is 33.3 Å². The largest absolute Gasteiger partial charge is 0.464 e. The molecule has 1 aliphatic rings. The monoisotopic (exact) mass is 576 g/mol. The second kappa shape index (κ2) is 11.4. The minimum atomic E-state index is -3.85. The summed E-state index contributed by atoms with van der Waals surface area (Å²) in [5.41, 5.74) is 6.15. The van der Waals surface area contributed by atoms with Crippen molar-refractivity contribution in [1.29, 1.82) is 0 Å². The lowest BCUT2D eigenvalue weighted by Crippen LogP contribution is -2.27. The van der Waals surface area contributed by atoms with Crippen LogP contribution in [0, 0.1) is 13.8 Å². The molecule has 0 spiro atoms. The third-order valence-corrected chi connectivity index (χ3v) is 8.74. The Morgan fingerprint density at radius 3 is 2.66 bits per heavy atom. The molecule has 3 heterocycles. The van der Waals surface area contributed by atoms with Crippen molar-refractivity contribution in [3.63, 3.8) is 0 Å². The summed E-state index contributed by atoms with van der Waals surface area (Å²) in [7, 11) is -2.29. The Bertz CT molecular complexity index is 1800. The number of aromatic amines is 1. The quantitative estimate of drug-likeness (QED) is 0.165. The van der Waals surface area contributed by atoms with Gasteiger partial charge in [-0.1, -0.05) is 12.1 Å². The van der Waals surface area contributed by atoms with Crippen molar-refractivity contribution in [2.45, 2.75) is 32.1 Å². The minimum Gasteiger partial charge on any atom is -0.464 e. The summed E-state index contributed by atoms with van der Waals surface area (Å²) in [5.74, 6) is -0.580. The number of anilines is 1. The second-order valence-corrected chi connectivity index (χ2v) is 11.7. The standard InChI is InChI=1S/C30H32N4O6S/c1-17-26(29(35)31-12-14-39-4)19(3)33-28(17)18(2)27-23-16-22(7-8-24(23)34-30(27)36)41(37,38)32-11-9-20-5-6-21-10-13-40-25(21)15-20/h5-8,10,13,15-16,32-33H,9,11-12,14H2,1-4H3,(H,31,35)(H,34,36)/b27-18-. The normalized spacial score (nSPS) is 14.3. The first-order valence-electron chi connectivity index (χ1n) is 13.2. The van der Waals surface area contributed by atoms with Crippen molar-refractivity contribution in [2.75, 3.05) is 32.1 Å². The highest BCUT2D eigenvalue weighted by molar-refractivity contribution is 7.89. The highest BCUT2D eigenvalue weighted by Crippen LogP contribution is 2.39. The van der Waals surface area contributed by atoms with Crippen LogP contribution in [0.3, 0.4) is 0 Å². The molecule has 4 N–H and O–H groups in total. The molecule has 0 fully saturated rings. The molecule has 0 unspecified atom stereocenters. The molecule has 0 atom stereocenters. The number of allylic oxidation sites excluding steroid dienone is 1. The highest BCUT2D eigenvalue weighted by Gasteiger charge is 2.30. The number of methoxy groups -OCH3 is 1. The molecule has 41 heavy (non-hydrogen) atoms. The van der Waals surface area contributed by atoms with Gasteiger partial charge in [-0.25, -0.2) is 13.1 Å². The molecule has 2 aromatic carbocycles. The van der Waals surface area contributed by atoms with Crippen LogP contribution in [0.2, 0.25) is 0 Å². The van der Waals surface area contributed by atoms with E-state index in [-0.39, 0.29) is 23.3 Å². The first kappa shape index (κ1) is 28.3. The lowest BCUT2D eigenvalue weighted by molar-refractivity contribution is -0.110. The van der Waals surface area contributed by atoms with Crippen LogP contribution < -0.4 is 15.4 Å². The second-order valence-electron chi connectivity index (χ2n) is 9.98. The number of nitrogens with one attached hydrogen (secondary N) is 4. The number of H-pyrrole nitrogens is 1. The van der Waals surface area contributed by atoms with Gasteiger partial charge in [0.1, 0.15) is 5.58 Å². The van der Waals surface area contributed by atoms with E-state index in [4.69, 9.17) is 9.15 Å². The molecule has 0 bridgehead atoms. The van der Waals surface area contributed by atoms with Crippen molar-refractivity contribution < 1.29 is 27.2 Å². The van der Waals surface area contributed by atoms with E-state index < -0.39 is 10.0 Å². The van der Waals surface area contributed by atoms with E-state index in [1.807, 2.05) is 31.2 Å². The number of sulfonamides is 1. The predicted octanol–water partition coefficient (Wildman–Crippen LogP) is 4.16. The first-order valence-corrected chi connectivity index (χ1v) is 14.7. The number of carbonyl (C=O) groups excluding carboxylic acids is 2. The minimum absolute atomic E-state index is 0.0529. The number of ether oxygens (including phenoxy) is 1. The van der Waals surface area contributed by atoms with E-state index in [1.165, 1.54) is 12.1 Å². The van der Waals surface area contributed by atoms with Crippen LogP contribution in [0.15, 0.2) is 58.0 Å². The third-order valence-electron chi connectivity index (χ3n) is 7.28. The Balaban J connectivity index is 1.39. The van der Waals surface area contributed by atoms with Gasteiger partial charge in [0.05, 0.1) is 28.9 Å². The highest BCUT2D eigenvalue weighted by atomic mass is 32.2.